The summed E-state index contributed by atoms with van der Waals surface area (Å²) in [6.07, 6.45) is 1.01. The standard InChI is InChI=1S/C12H17N3O4/c1-15(6-9(16)8-17-2)7-11-13-14-12(19-11)10-4-3-5-18-10/h3-5,9,16H,6-8H2,1-2H3. The van der Waals surface area contributed by atoms with Crippen LogP contribution in [0.5, 0.6) is 0 Å². The van der Waals surface area contributed by atoms with Gasteiger partial charge in [-0.25, -0.2) is 0 Å². The smallest absolute Gasteiger partial charge is 0.283 e. The molecular formula is C12H17N3O4. The van der Waals surface area contributed by atoms with Crippen LogP contribution in [-0.2, 0) is 11.3 Å². The van der Waals surface area contributed by atoms with Crippen LogP contribution in [0.2, 0.25) is 0 Å². The highest BCUT2D eigenvalue weighted by Gasteiger charge is 2.14. The summed E-state index contributed by atoms with van der Waals surface area (Å²) in [7, 11) is 3.41. The van der Waals surface area contributed by atoms with Gasteiger partial charge in [0.05, 0.1) is 25.5 Å². The van der Waals surface area contributed by atoms with Gasteiger partial charge in [0.25, 0.3) is 5.89 Å². The van der Waals surface area contributed by atoms with Gasteiger partial charge in [-0.3, -0.25) is 4.90 Å². The molecule has 7 nitrogen and oxygen atoms in total. The molecule has 104 valence electrons. The first-order chi connectivity index (χ1) is 9.19. The maximum atomic E-state index is 9.60. The van der Waals surface area contributed by atoms with Gasteiger partial charge in [0.1, 0.15) is 0 Å². The molecule has 0 bridgehead atoms. The van der Waals surface area contributed by atoms with E-state index in [9.17, 15) is 5.11 Å². The van der Waals surface area contributed by atoms with Crippen LogP contribution in [-0.4, -0.2) is 53.6 Å². The van der Waals surface area contributed by atoms with Crippen LogP contribution in [0.3, 0.4) is 0 Å². The summed E-state index contributed by atoms with van der Waals surface area (Å²) in [6, 6.07) is 3.51. The minimum absolute atomic E-state index is 0.297. The summed E-state index contributed by atoms with van der Waals surface area (Å²) < 4.78 is 15.5. The molecule has 2 heterocycles. The predicted molar refractivity (Wildman–Crippen MR) is 66.2 cm³/mol. The lowest BCUT2D eigenvalue weighted by atomic mass is 10.3. The topological polar surface area (TPSA) is 84.8 Å². The number of nitrogens with zero attached hydrogens (tertiary/aromatic N) is 3. The molecule has 0 radical (unpaired) electrons. The summed E-state index contributed by atoms with van der Waals surface area (Å²) in [5.74, 6) is 1.37. The van der Waals surface area contributed by atoms with Gasteiger partial charge in [-0.2, -0.15) is 0 Å². The molecule has 0 aliphatic rings. The van der Waals surface area contributed by atoms with Gasteiger partial charge in [-0.05, 0) is 19.2 Å². The fourth-order valence-electron chi connectivity index (χ4n) is 1.72. The molecule has 2 rings (SSSR count). The zero-order chi connectivity index (χ0) is 13.7. The Kier molecular flexibility index (Phi) is 4.67. The number of aliphatic hydroxyl groups is 1. The second-order valence-electron chi connectivity index (χ2n) is 4.28. The first-order valence-electron chi connectivity index (χ1n) is 5.91. The first kappa shape index (κ1) is 13.7. The average Bonchev–Trinajstić information content (AvgIpc) is 2.98. The molecule has 0 saturated heterocycles. The summed E-state index contributed by atoms with van der Waals surface area (Å²) in [5, 5.41) is 17.4. The van der Waals surface area contributed by atoms with E-state index in [-0.39, 0.29) is 0 Å². The van der Waals surface area contributed by atoms with Crippen molar-refractivity contribution in [2.45, 2.75) is 12.6 Å². The van der Waals surface area contributed by atoms with Crippen LogP contribution < -0.4 is 0 Å². The van der Waals surface area contributed by atoms with Crippen LogP contribution in [0.15, 0.2) is 27.2 Å². The van der Waals surface area contributed by atoms with Gasteiger partial charge >= 0.3 is 0 Å². The van der Waals surface area contributed by atoms with E-state index in [1.165, 1.54) is 0 Å². The van der Waals surface area contributed by atoms with Crippen molar-refractivity contribution in [3.8, 4) is 11.7 Å². The van der Waals surface area contributed by atoms with Gasteiger partial charge in [0, 0.05) is 13.7 Å². The maximum Gasteiger partial charge on any atom is 0.283 e. The Labute approximate surface area is 110 Å². The highest BCUT2D eigenvalue weighted by molar-refractivity contribution is 5.42. The minimum atomic E-state index is -0.539. The second kappa shape index (κ2) is 6.46. The van der Waals surface area contributed by atoms with Crippen molar-refractivity contribution in [2.24, 2.45) is 0 Å². The Hall–Kier alpha value is -1.70. The SMILES string of the molecule is COCC(O)CN(C)Cc1nnc(-c2ccco2)o1. The van der Waals surface area contributed by atoms with Gasteiger partial charge in [0.2, 0.25) is 5.89 Å². The fourth-order valence-corrected chi connectivity index (χ4v) is 1.72. The van der Waals surface area contributed by atoms with Crippen LogP contribution in [0.4, 0.5) is 0 Å². The van der Waals surface area contributed by atoms with Gasteiger partial charge in [-0.15, -0.1) is 10.2 Å². The quantitative estimate of drug-likeness (QED) is 0.793. The lowest BCUT2D eigenvalue weighted by Gasteiger charge is -2.17. The van der Waals surface area contributed by atoms with Gasteiger partial charge in [-0.1, -0.05) is 0 Å². The molecule has 0 fully saturated rings. The van der Waals surface area contributed by atoms with Crippen molar-refractivity contribution in [3.05, 3.63) is 24.3 Å². The lowest BCUT2D eigenvalue weighted by Crippen LogP contribution is -2.31. The molecule has 0 saturated carbocycles. The normalized spacial score (nSPS) is 13.1. The number of furan rings is 1. The molecule has 2 aromatic rings. The summed E-state index contributed by atoms with van der Waals surface area (Å²) in [6.45, 7) is 1.21. The van der Waals surface area contributed by atoms with Gasteiger partial charge < -0.3 is 18.7 Å². The summed E-state index contributed by atoms with van der Waals surface area (Å²) >= 11 is 0. The van der Waals surface area contributed by atoms with Crippen LogP contribution in [0.25, 0.3) is 11.7 Å². The Morgan fingerprint density at radius 1 is 1.47 bits per heavy atom. The van der Waals surface area contributed by atoms with E-state index in [2.05, 4.69) is 10.2 Å². The highest BCUT2D eigenvalue weighted by atomic mass is 16.5. The molecule has 0 aliphatic carbocycles. The number of hydrogen-bond acceptors (Lipinski definition) is 7. The molecule has 7 heteroatoms. The predicted octanol–water partition coefficient (Wildman–Crippen LogP) is 0.769. The molecule has 0 aromatic carbocycles. The molecule has 19 heavy (non-hydrogen) atoms. The van der Waals surface area contributed by atoms with E-state index >= 15 is 0 Å². The van der Waals surface area contributed by atoms with E-state index in [1.807, 2.05) is 11.9 Å². The van der Waals surface area contributed by atoms with Crippen molar-refractivity contribution in [3.63, 3.8) is 0 Å². The summed E-state index contributed by atoms with van der Waals surface area (Å²) in [4.78, 5) is 1.88. The number of aliphatic hydroxyl groups excluding tert-OH is 1. The molecule has 0 aliphatic heterocycles. The van der Waals surface area contributed by atoms with E-state index in [1.54, 1.807) is 25.5 Å². The molecule has 2 aromatic heterocycles. The van der Waals surface area contributed by atoms with Crippen molar-refractivity contribution >= 4 is 0 Å². The number of likely N-dealkylation sites (N-methyl/N-ethyl adjacent to an activating group) is 1. The Morgan fingerprint density at radius 3 is 3.00 bits per heavy atom. The summed E-state index contributed by atoms with van der Waals surface area (Å²) in [5.41, 5.74) is 0. The van der Waals surface area contributed by atoms with Crippen LogP contribution >= 0.6 is 0 Å². The zero-order valence-corrected chi connectivity index (χ0v) is 10.9. The number of methoxy groups -OCH3 is 1. The van der Waals surface area contributed by atoms with Crippen molar-refractivity contribution < 1.29 is 18.7 Å². The molecule has 0 spiro atoms. The molecule has 1 atom stereocenters. The number of aromatic nitrogens is 2. The fraction of sp³-hybridized carbons (Fsp3) is 0.500. The van der Waals surface area contributed by atoms with Crippen LogP contribution in [0, 0.1) is 0 Å². The Morgan fingerprint density at radius 2 is 2.32 bits per heavy atom. The van der Waals surface area contributed by atoms with E-state index < -0.39 is 6.10 Å². The second-order valence-corrected chi connectivity index (χ2v) is 4.28. The third-order valence-electron chi connectivity index (χ3n) is 2.49. The molecule has 1 N–H and O–H groups in total. The highest BCUT2D eigenvalue weighted by Crippen LogP contribution is 2.18. The third kappa shape index (κ3) is 3.88. The monoisotopic (exact) mass is 267 g/mol. The van der Waals surface area contributed by atoms with Crippen molar-refractivity contribution in [1.82, 2.24) is 15.1 Å². The lowest BCUT2D eigenvalue weighted by molar-refractivity contribution is 0.0404. The minimum Gasteiger partial charge on any atom is -0.459 e. The molecule has 1 unspecified atom stereocenters. The third-order valence-corrected chi connectivity index (χ3v) is 2.49. The average molecular weight is 267 g/mol. The number of ether oxygens (including phenoxy) is 1. The van der Waals surface area contributed by atoms with Crippen LogP contribution in [0.1, 0.15) is 5.89 Å². The molecular weight excluding hydrogens is 250 g/mol. The first-order valence-corrected chi connectivity index (χ1v) is 5.91. The number of hydrogen-bond donors (Lipinski definition) is 1. The zero-order valence-electron chi connectivity index (χ0n) is 10.9. The number of rotatable bonds is 7. The Bertz CT molecular complexity index is 483. The van der Waals surface area contributed by atoms with E-state index in [4.69, 9.17) is 13.6 Å². The maximum absolute atomic E-state index is 9.60. The van der Waals surface area contributed by atoms with E-state index in [0.29, 0.717) is 37.2 Å². The largest absolute Gasteiger partial charge is 0.459 e. The van der Waals surface area contributed by atoms with Gasteiger partial charge in [0.15, 0.2) is 5.76 Å². The van der Waals surface area contributed by atoms with Crippen molar-refractivity contribution in [2.75, 3.05) is 27.3 Å². The van der Waals surface area contributed by atoms with E-state index in [0.717, 1.165) is 0 Å². The molecule has 0 amide bonds. The van der Waals surface area contributed by atoms with Crippen molar-refractivity contribution in [1.29, 1.82) is 0 Å². The Balaban J connectivity index is 1.89.